The monoisotopic (exact) mass is 254 g/mol. The molecule has 1 heterocycles. The van der Waals surface area contributed by atoms with Crippen LogP contribution in [0, 0.1) is 0 Å². The molecular formula is C13H19ClN2O. The normalized spacial score (nSPS) is 21.4. The van der Waals surface area contributed by atoms with E-state index in [2.05, 4.69) is 11.9 Å². The number of hydrogen-bond acceptors (Lipinski definition) is 3. The van der Waals surface area contributed by atoms with Crippen molar-refractivity contribution in [3.63, 3.8) is 0 Å². The molecule has 1 aliphatic heterocycles. The highest BCUT2D eigenvalue weighted by Gasteiger charge is 2.19. The Morgan fingerprint density at radius 1 is 1.47 bits per heavy atom. The average Bonchev–Trinajstić information content (AvgIpc) is 2.33. The van der Waals surface area contributed by atoms with Crippen molar-refractivity contribution < 1.29 is 4.74 Å². The van der Waals surface area contributed by atoms with Gasteiger partial charge in [-0.3, -0.25) is 0 Å². The lowest BCUT2D eigenvalue weighted by molar-refractivity contribution is 0.125. The average molecular weight is 255 g/mol. The molecule has 94 valence electrons. The first-order valence-electron chi connectivity index (χ1n) is 6.05. The zero-order valence-corrected chi connectivity index (χ0v) is 10.9. The quantitative estimate of drug-likeness (QED) is 0.843. The van der Waals surface area contributed by atoms with E-state index in [1.165, 1.54) is 19.3 Å². The van der Waals surface area contributed by atoms with Gasteiger partial charge in [-0.25, -0.2) is 0 Å². The molecular weight excluding hydrogens is 236 g/mol. The Kier molecular flexibility index (Phi) is 4.13. The SMILES string of the molecule is CN1CCCCC1COc1cccc(Cl)c1N. The summed E-state index contributed by atoms with van der Waals surface area (Å²) in [5.74, 6) is 0.691. The Hall–Kier alpha value is -0.930. The second-order valence-electron chi connectivity index (χ2n) is 4.59. The predicted octanol–water partition coefficient (Wildman–Crippen LogP) is 2.79. The first-order chi connectivity index (χ1) is 8.18. The van der Waals surface area contributed by atoms with Crippen LogP contribution in [0.2, 0.25) is 5.02 Å². The summed E-state index contributed by atoms with van der Waals surface area (Å²) in [7, 11) is 2.15. The Morgan fingerprint density at radius 3 is 3.06 bits per heavy atom. The van der Waals surface area contributed by atoms with Crippen molar-refractivity contribution in [1.29, 1.82) is 0 Å². The number of likely N-dealkylation sites (N-methyl/N-ethyl adjacent to an activating group) is 1. The molecule has 0 aromatic heterocycles. The summed E-state index contributed by atoms with van der Waals surface area (Å²) < 4.78 is 5.78. The molecule has 1 aromatic rings. The molecule has 0 radical (unpaired) electrons. The highest BCUT2D eigenvalue weighted by atomic mass is 35.5. The minimum atomic E-state index is 0.488. The lowest BCUT2D eigenvalue weighted by atomic mass is 10.0. The van der Waals surface area contributed by atoms with E-state index in [1.807, 2.05) is 12.1 Å². The van der Waals surface area contributed by atoms with Gasteiger partial charge in [0.1, 0.15) is 12.4 Å². The standard InChI is InChI=1S/C13H19ClN2O/c1-16-8-3-2-5-10(16)9-17-12-7-4-6-11(14)13(12)15/h4,6-7,10H,2-3,5,8-9,15H2,1H3. The number of ether oxygens (including phenoxy) is 1. The van der Waals surface area contributed by atoms with Crippen LogP contribution in [0.1, 0.15) is 19.3 Å². The number of benzene rings is 1. The summed E-state index contributed by atoms with van der Waals surface area (Å²) in [5, 5.41) is 0.555. The van der Waals surface area contributed by atoms with Crippen LogP contribution in [0.25, 0.3) is 0 Å². The number of nitrogens with zero attached hydrogens (tertiary/aromatic N) is 1. The van der Waals surface area contributed by atoms with Gasteiger partial charge >= 0.3 is 0 Å². The maximum absolute atomic E-state index is 5.95. The topological polar surface area (TPSA) is 38.5 Å². The van der Waals surface area contributed by atoms with Crippen molar-refractivity contribution in [2.24, 2.45) is 0 Å². The molecule has 4 heteroatoms. The number of hydrogen-bond donors (Lipinski definition) is 1. The predicted molar refractivity (Wildman–Crippen MR) is 71.6 cm³/mol. The lowest BCUT2D eigenvalue weighted by Crippen LogP contribution is -2.40. The molecule has 2 N–H and O–H groups in total. The van der Waals surface area contributed by atoms with Crippen LogP contribution in [0.5, 0.6) is 5.75 Å². The Bertz CT molecular complexity index is 384. The molecule has 0 bridgehead atoms. The fraction of sp³-hybridized carbons (Fsp3) is 0.538. The molecule has 0 spiro atoms. The van der Waals surface area contributed by atoms with Crippen molar-refractivity contribution in [2.75, 3.05) is 25.9 Å². The van der Waals surface area contributed by atoms with E-state index in [4.69, 9.17) is 22.1 Å². The number of nitrogens with two attached hydrogens (primary N) is 1. The zero-order chi connectivity index (χ0) is 12.3. The Morgan fingerprint density at radius 2 is 2.29 bits per heavy atom. The summed E-state index contributed by atoms with van der Waals surface area (Å²) >= 11 is 5.95. The van der Waals surface area contributed by atoms with Gasteiger partial charge in [-0.2, -0.15) is 0 Å². The lowest BCUT2D eigenvalue weighted by Gasteiger charge is -2.32. The van der Waals surface area contributed by atoms with Gasteiger partial charge in [0.2, 0.25) is 0 Å². The molecule has 1 saturated heterocycles. The third kappa shape index (κ3) is 3.05. The minimum Gasteiger partial charge on any atom is -0.490 e. The van der Waals surface area contributed by atoms with Gasteiger partial charge in [-0.05, 0) is 38.6 Å². The molecule has 0 aliphatic carbocycles. The fourth-order valence-corrected chi connectivity index (χ4v) is 2.35. The summed E-state index contributed by atoms with van der Waals surface area (Å²) in [4.78, 5) is 2.35. The van der Waals surface area contributed by atoms with E-state index >= 15 is 0 Å². The van der Waals surface area contributed by atoms with E-state index in [0.717, 1.165) is 6.54 Å². The fourth-order valence-electron chi connectivity index (χ4n) is 2.18. The minimum absolute atomic E-state index is 0.488. The van der Waals surface area contributed by atoms with Crippen LogP contribution in [0.15, 0.2) is 18.2 Å². The second-order valence-corrected chi connectivity index (χ2v) is 5.00. The summed E-state index contributed by atoms with van der Waals surface area (Å²) in [6.07, 6.45) is 3.76. The molecule has 1 atom stereocenters. The number of likely N-dealkylation sites (tertiary alicyclic amines) is 1. The first-order valence-corrected chi connectivity index (χ1v) is 6.43. The van der Waals surface area contributed by atoms with Crippen LogP contribution >= 0.6 is 11.6 Å². The number of halogens is 1. The third-order valence-corrected chi connectivity index (χ3v) is 3.70. The molecule has 1 fully saturated rings. The van der Waals surface area contributed by atoms with Crippen LogP contribution in [0.4, 0.5) is 5.69 Å². The van der Waals surface area contributed by atoms with E-state index in [9.17, 15) is 0 Å². The van der Waals surface area contributed by atoms with E-state index in [1.54, 1.807) is 6.07 Å². The summed E-state index contributed by atoms with van der Waals surface area (Å²) in [6, 6.07) is 5.99. The molecule has 3 nitrogen and oxygen atoms in total. The number of nitrogen functional groups attached to an aromatic ring is 1. The van der Waals surface area contributed by atoms with Crippen LogP contribution in [-0.2, 0) is 0 Å². The Labute approximate surface area is 107 Å². The van der Waals surface area contributed by atoms with Crippen molar-refractivity contribution in [3.05, 3.63) is 23.2 Å². The maximum atomic E-state index is 5.95. The van der Waals surface area contributed by atoms with Crippen molar-refractivity contribution in [1.82, 2.24) is 4.90 Å². The van der Waals surface area contributed by atoms with Crippen LogP contribution in [0.3, 0.4) is 0 Å². The van der Waals surface area contributed by atoms with Crippen LogP contribution in [-0.4, -0.2) is 31.1 Å². The van der Waals surface area contributed by atoms with E-state index in [-0.39, 0.29) is 0 Å². The van der Waals surface area contributed by atoms with E-state index in [0.29, 0.717) is 29.1 Å². The van der Waals surface area contributed by atoms with Gasteiger partial charge in [0.15, 0.2) is 0 Å². The van der Waals surface area contributed by atoms with Gasteiger partial charge in [0.05, 0.1) is 10.7 Å². The molecule has 1 aromatic carbocycles. The van der Waals surface area contributed by atoms with Crippen molar-refractivity contribution in [3.8, 4) is 5.75 Å². The molecule has 1 unspecified atom stereocenters. The van der Waals surface area contributed by atoms with Gasteiger partial charge in [-0.1, -0.05) is 24.1 Å². The molecule has 0 amide bonds. The largest absolute Gasteiger partial charge is 0.490 e. The van der Waals surface area contributed by atoms with Crippen molar-refractivity contribution >= 4 is 17.3 Å². The second kappa shape index (κ2) is 5.61. The number of para-hydroxylation sites is 1. The van der Waals surface area contributed by atoms with Gasteiger partial charge < -0.3 is 15.4 Å². The number of piperidine rings is 1. The maximum Gasteiger partial charge on any atom is 0.143 e. The zero-order valence-electron chi connectivity index (χ0n) is 10.2. The smallest absolute Gasteiger partial charge is 0.143 e. The third-order valence-electron chi connectivity index (χ3n) is 3.37. The highest BCUT2D eigenvalue weighted by Crippen LogP contribution is 2.29. The molecule has 2 rings (SSSR count). The molecule has 0 saturated carbocycles. The highest BCUT2D eigenvalue weighted by molar-refractivity contribution is 6.33. The first kappa shape index (κ1) is 12.5. The molecule has 17 heavy (non-hydrogen) atoms. The van der Waals surface area contributed by atoms with Gasteiger partial charge in [0.25, 0.3) is 0 Å². The molecule has 1 aliphatic rings. The van der Waals surface area contributed by atoms with Gasteiger partial charge in [-0.15, -0.1) is 0 Å². The number of rotatable bonds is 3. The summed E-state index contributed by atoms with van der Waals surface area (Å²) in [6.45, 7) is 1.83. The van der Waals surface area contributed by atoms with Gasteiger partial charge in [0, 0.05) is 6.04 Å². The van der Waals surface area contributed by atoms with Crippen LogP contribution < -0.4 is 10.5 Å². The number of anilines is 1. The van der Waals surface area contributed by atoms with Crippen molar-refractivity contribution in [2.45, 2.75) is 25.3 Å². The van der Waals surface area contributed by atoms with E-state index < -0.39 is 0 Å². The summed E-state index contributed by atoms with van der Waals surface area (Å²) in [5.41, 5.74) is 6.40. The Balaban J connectivity index is 1.95.